The molecule has 0 saturated heterocycles. The fourth-order valence-electron chi connectivity index (χ4n) is 3.60. The summed E-state index contributed by atoms with van der Waals surface area (Å²) in [5, 5.41) is 0. The molecule has 0 aliphatic carbocycles. The van der Waals surface area contributed by atoms with Crippen molar-refractivity contribution in [3.8, 4) is 11.1 Å². The van der Waals surface area contributed by atoms with Crippen molar-refractivity contribution in [2.75, 3.05) is 17.7 Å². The summed E-state index contributed by atoms with van der Waals surface area (Å²) in [7, 11) is 2.17. The van der Waals surface area contributed by atoms with Crippen molar-refractivity contribution in [2.24, 2.45) is 0 Å². The van der Waals surface area contributed by atoms with Gasteiger partial charge >= 0.3 is 0 Å². The molecule has 3 aromatic rings. The molecule has 1 atom stereocenters. The van der Waals surface area contributed by atoms with Gasteiger partial charge in [-0.3, -0.25) is 0 Å². The van der Waals surface area contributed by atoms with Crippen LogP contribution in [0.5, 0.6) is 0 Å². The lowest BCUT2D eigenvalue weighted by Gasteiger charge is -2.38. The molecule has 3 aromatic carbocycles. The lowest BCUT2D eigenvalue weighted by Crippen LogP contribution is -2.29. The second-order valence-electron chi connectivity index (χ2n) is 6.29. The van der Waals surface area contributed by atoms with Crippen LogP contribution in [0.2, 0.25) is 0 Å². The van der Waals surface area contributed by atoms with E-state index in [4.69, 9.17) is 5.73 Å². The maximum absolute atomic E-state index is 6.09. The molecule has 1 heterocycles. The van der Waals surface area contributed by atoms with E-state index in [0.717, 1.165) is 5.69 Å². The van der Waals surface area contributed by atoms with Gasteiger partial charge in [-0.25, -0.2) is 0 Å². The molecule has 1 aliphatic heterocycles. The van der Waals surface area contributed by atoms with Crippen LogP contribution in [0, 0.1) is 6.92 Å². The summed E-state index contributed by atoms with van der Waals surface area (Å²) in [6.45, 7) is 2.14. The molecular weight excluding hydrogens is 279 g/mol. The normalized spacial score (nSPS) is 15.9. The van der Waals surface area contributed by atoms with Gasteiger partial charge in [0.15, 0.2) is 0 Å². The van der Waals surface area contributed by atoms with E-state index in [1.807, 2.05) is 6.07 Å². The average molecular weight is 299 g/mol. The lowest BCUT2D eigenvalue weighted by molar-refractivity contribution is 0.774. The molecule has 0 amide bonds. The molecule has 0 aromatic heterocycles. The minimum Gasteiger partial charge on any atom is -0.399 e. The zero-order valence-electron chi connectivity index (χ0n) is 13.5. The number of hydrogen-bond acceptors (Lipinski definition) is 2. The van der Waals surface area contributed by atoms with Crippen LogP contribution in [0.3, 0.4) is 0 Å². The molecule has 1 aliphatic rings. The summed E-state index contributed by atoms with van der Waals surface area (Å²) in [6.07, 6.45) is 0. The smallest absolute Gasteiger partial charge is 0.0799 e. The SMILES string of the molecule is Cc1ccc2c(c1)N([11CH3])C(c1ccccc1)c1cc(N)ccc1-2. The van der Waals surface area contributed by atoms with E-state index in [1.54, 1.807) is 0 Å². The van der Waals surface area contributed by atoms with Crippen molar-refractivity contribution in [2.45, 2.75) is 13.0 Å². The van der Waals surface area contributed by atoms with E-state index in [9.17, 15) is 0 Å². The molecule has 114 valence electrons. The van der Waals surface area contributed by atoms with E-state index in [-0.39, 0.29) is 6.04 Å². The number of fused-ring (bicyclic) bond motifs is 3. The standard InChI is InChI=1S/C21H20N2/c1-14-8-10-18-17-11-9-16(22)13-19(17)21(23(2)20(18)12-14)15-6-4-3-5-7-15/h3-13,21H,22H2,1-2H3/i2-1. The quantitative estimate of drug-likeness (QED) is 0.655. The van der Waals surface area contributed by atoms with E-state index >= 15 is 0 Å². The first kappa shape index (κ1) is 13.9. The van der Waals surface area contributed by atoms with Gasteiger partial charge in [0.2, 0.25) is 0 Å². The van der Waals surface area contributed by atoms with Crippen LogP contribution in [-0.2, 0) is 0 Å². The summed E-state index contributed by atoms with van der Waals surface area (Å²) >= 11 is 0. The minimum absolute atomic E-state index is 0.184. The van der Waals surface area contributed by atoms with Crippen molar-refractivity contribution < 1.29 is 0 Å². The van der Waals surface area contributed by atoms with E-state index in [1.165, 1.54) is 33.5 Å². The maximum atomic E-state index is 6.09. The zero-order valence-corrected chi connectivity index (χ0v) is 13.5. The molecule has 2 nitrogen and oxygen atoms in total. The Labute approximate surface area is 137 Å². The highest BCUT2D eigenvalue weighted by Crippen LogP contribution is 2.47. The van der Waals surface area contributed by atoms with E-state index < -0.39 is 0 Å². The summed E-state index contributed by atoms with van der Waals surface area (Å²) in [6, 6.07) is 23.8. The van der Waals surface area contributed by atoms with Crippen LogP contribution >= 0.6 is 0 Å². The predicted octanol–water partition coefficient (Wildman–Crippen LogP) is 4.78. The number of anilines is 2. The monoisotopic (exact) mass is 299 g/mol. The topological polar surface area (TPSA) is 29.3 Å². The molecule has 0 fully saturated rings. The maximum Gasteiger partial charge on any atom is 0.0799 e. The van der Waals surface area contributed by atoms with Gasteiger partial charge in [0.05, 0.1) is 6.04 Å². The third-order valence-corrected chi connectivity index (χ3v) is 4.70. The molecule has 0 bridgehead atoms. The van der Waals surface area contributed by atoms with Crippen LogP contribution in [0.15, 0.2) is 66.7 Å². The third kappa shape index (κ3) is 2.18. The number of nitrogens with two attached hydrogens (primary N) is 1. The first-order valence-electron chi connectivity index (χ1n) is 7.93. The fraction of sp³-hybridized carbons (Fsp3) is 0.143. The highest BCUT2D eigenvalue weighted by atomic mass is 15.1. The average Bonchev–Trinajstić information content (AvgIpc) is 2.56. The Hall–Kier alpha value is -2.74. The van der Waals surface area contributed by atoms with Crippen molar-refractivity contribution in [1.82, 2.24) is 0 Å². The molecule has 0 radical (unpaired) electrons. The van der Waals surface area contributed by atoms with Crippen molar-refractivity contribution in [3.05, 3.63) is 83.4 Å². The highest BCUT2D eigenvalue weighted by Gasteiger charge is 2.29. The van der Waals surface area contributed by atoms with Gasteiger partial charge in [-0.2, -0.15) is 0 Å². The van der Waals surface area contributed by atoms with Gasteiger partial charge < -0.3 is 10.6 Å². The Morgan fingerprint density at radius 2 is 1.61 bits per heavy atom. The summed E-state index contributed by atoms with van der Waals surface area (Å²) < 4.78 is 0. The van der Waals surface area contributed by atoms with Gasteiger partial charge in [0.1, 0.15) is 0 Å². The molecule has 2 heteroatoms. The highest BCUT2D eigenvalue weighted by molar-refractivity contribution is 5.86. The Morgan fingerprint density at radius 3 is 2.39 bits per heavy atom. The van der Waals surface area contributed by atoms with Gasteiger partial charge in [-0.15, -0.1) is 0 Å². The summed E-state index contributed by atoms with van der Waals surface area (Å²) in [5.74, 6) is 0. The second kappa shape index (κ2) is 5.17. The second-order valence-corrected chi connectivity index (χ2v) is 6.29. The number of nitrogens with zero attached hydrogens (tertiary/aromatic N) is 1. The van der Waals surface area contributed by atoms with Gasteiger partial charge in [-0.1, -0.05) is 48.5 Å². The largest absolute Gasteiger partial charge is 0.399 e. The Bertz CT molecular complexity index is 868. The molecule has 0 saturated carbocycles. The van der Waals surface area contributed by atoms with E-state index in [0.29, 0.717) is 0 Å². The number of aryl methyl sites for hydroxylation is 1. The summed E-state index contributed by atoms with van der Waals surface area (Å²) in [4.78, 5) is 2.36. The van der Waals surface area contributed by atoms with Crippen LogP contribution in [0.1, 0.15) is 22.7 Å². The molecule has 4 rings (SSSR count). The number of hydrogen-bond donors (Lipinski definition) is 1. The molecule has 2 N–H and O–H groups in total. The van der Waals surface area contributed by atoms with Gasteiger partial charge in [-0.05, 0) is 47.4 Å². The van der Waals surface area contributed by atoms with Crippen molar-refractivity contribution in [3.63, 3.8) is 0 Å². The molecule has 1 unspecified atom stereocenters. The van der Waals surface area contributed by atoms with Crippen molar-refractivity contribution in [1.29, 1.82) is 0 Å². The minimum atomic E-state index is 0.184. The number of rotatable bonds is 1. The fourth-order valence-corrected chi connectivity index (χ4v) is 3.60. The van der Waals surface area contributed by atoms with Gasteiger partial charge in [0, 0.05) is 24.0 Å². The zero-order chi connectivity index (χ0) is 16.0. The number of nitrogen functional groups attached to an aromatic ring is 1. The third-order valence-electron chi connectivity index (χ3n) is 4.70. The Balaban J connectivity index is 2.01. The first-order valence-corrected chi connectivity index (χ1v) is 7.93. The predicted molar refractivity (Wildman–Crippen MR) is 97.7 cm³/mol. The number of benzene rings is 3. The lowest BCUT2D eigenvalue weighted by atomic mass is 9.83. The summed E-state index contributed by atoms with van der Waals surface area (Å²) in [5.41, 5.74) is 14.6. The van der Waals surface area contributed by atoms with Crippen LogP contribution in [0.25, 0.3) is 11.1 Å². The Morgan fingerprint density at radius 1 is 0.870 bits per heavy atom. The molecule has 23 heavy (non-hydrogen) atoms. The van der Waals surface area contributed by atoms with Crippen LogP contribution in [0.4, 0.5) is 11.4 Å². The van der Waals surface area contributed by atoms with Crippen LogP contribution in [-0.4, -0.2) is 7.05 Å². The molecule has 0 spiro atoms. The first-order chi connectivity index (χ1) is 11.1. The Kier molecular flexibility index (Phi) is 3.12. The van der Waals surface area contributed by atoms with Crippen molar-refractivity contribution >= 4 is 11.4 Å². The van der Waals surface area contributed by atoms with E-state index in [2.05, 4.69) is 79.5 Å². The molecular formula is C21H20N2. The van der Waals surface area contributed by atoms with Gasteiger partial charge in [0.25, 0.3) is 0 Å². The van der Waals surface area contributed by atoms with Crippen LogP contribution < -0.4 is 10.6 Å².